The summed E-state index contributed by atoms with van der Waals surface area (Å²) in [4.78, 5) is 0. The van der Waals surface area contributed by atoms with Gasteiger partial charge in [-0.25, -0.2) is 0 Å². The van der Waals surface area contributed by atoms with E-state index in [1.54, 1.807) is 0 Å². The van der Waals surface area contributed by atoms with E-state index in [9.17, 15) is 0 Å². The molecule has 1 unspecified atom stereocenters. The molecule has 2 aromatic rings. The minimum Gasteiger partial charge on any atom is -0.271 e. The van der Waals surface area contributed by atoms with Gasteiger partial charge < -0.3 is 0 Å². The van der Waals surface area contributed by atoms with Gasteiger partial charge in [0.25, 0.3) is 0 Å². The zero-order chi connectivity index (χ0) is 14.4. The Labute approximate surface area is 122 Å². The van der Waals surface area contributed by atoms with Gasteiger partial charge in [-0.3, -0.25) is 11.3 Å². The molecule has 2 nitrogen and oxygen atoms in total. The van der Waals surface area contributed by atoms with E-state index in [2.05, 4.69) is 67.8 Å². The molecule has 0 bridgehead atoms. The zero-order valence-electron chi connectivity index (χ0n) is 12.4. The summed E-state index contributed by atoms with van der Waals surface area (Å²) < 4.78 is 0. The average Bonchev–Trinajstić information content (AvgIpc) is 2.48. The molecule has 0 aliphatic rings. The van der Waals surface area contributed by atoms with E-state index >= 15 is 0 Å². The van der Waals surface area contributed by atoms with Gasteiger partial charge in [-0.15, -0.1) is 0 Å². The SMILES string of the molecule is Cc1ccc(CC(CCc2ccccc2)NN)cc1C. The fourth-order valence-corrected chi connectivity index (χ4v) is 2.44. The second-order valence-corrected chi connectivity index (χ2v) is 5.51. The highest BCUT2D eigenvalue weighted by molar-refractivity contribution is 5.30. The summed E-state index contributed by atoms with van der Waals surface area (Å²) in [5, 5.41) is 0. The summed E-state index contributed by atoms with van der Waals surface area (Å²) in [6, 6.07) is 17.5. The molecular weight excluding hydrogens is 244 g/mol. The number of benzene rings is 2. The van der Waals surface area contributed by atoms with Crippen molar-refractivity contribution in [1.82, 2.24) is 5.43 Å². The molecule has 2 aromatic carbocycles. The van der Waals surface area contributed by atoms with Crippen LogP contribution in [-0.2, 0) is 12.8 Å². The van der Waals surface area contributed by atoms with E-state index in [1.807, 2.05) is 0 Å². The lowest BCUT2D eigenvalue weighted by Gasteiger charge is -2.16. The standard InChI is InChI=1S/C18H24N2/c1-14-8-9-17(12-15(14)2)13-18(20-19)11-10-16-6-4-3-5-7-16/h3-9,12,18,20H,10-11,13,19H2,1-2H3. The van der Waals surface area contributed by atoms with Crippen LogP contribution in [-0.4, -0.2) is 6.04 Å². The van der Waals surface area contributed by atoms with Crippen LogP contribution in [0.2, 0.25) is 0 Å². The molecule has 0 fully saturated rings. The van der Waals surface area contributed by atoms with E-state index < -0.39 is 0 Å². The maximum Gasteiger partial charge on any atom is 0.0254 e. The number of nitrogens with one attached hydrogen (secondary N) is 1. The molecule has 0 saturated heterocycles. The van der Waals surface area contributed by atoms with Gasteiger partial charge in [0.2, 0.25) is 0 Å². The molecule has 106 valence electrons. The second kappa shape index (κ2) is 7.22. The molecule has 0 aliphatic carbocycles. The highest BCUT2D eigenvalue weighted by atomic mass is 15.2. The van der Waals surface area contributed by atoms with Crippen LogP contribution in [0.3, 0.4) is 0 Å². The Morgan fingerprint density at radius 1 is 0.950 bits per heavy atom. The summed E-state index contributed by atoms with van der Waals surface area (Å²) in [5.74, 6) is 5.70. The molecule has 2 heteroatoms. The average molecular weight is 268 g/mol. The van der Waals surface area contributed by atoms with Gasteiger partial charge in [0.05, 0.1) is 0 Å². The maximum atomic E-state index is 5.70. The van der Waals surface area contributed by atoms with Crippen molar-refractivity contribution in [3.05, 3.63) is 70.8 Å². The van der Waals surface area contributed by atoms with Crippen LogP contribution in [0.4, 0.5) is 0 Å². The van der Waals surface area contributed by atoms with Crippen molar-refractivity contribution in [2.75, 3.05) is 0 Å². The Hall–Kier alpha value is -1.64. The van der Waals surface area contributed by atoms with Crippen molar-refractivity contribution in [2.24, 2.45) is 5.84 Å². The number of hydrogen-bond donors (Lipinski definition) is 2. The van der Waals surface area contributed by atoms with E-state index in [0.29, 0.717) is 6.04 Å². The molecular formula is C18H24N2. The smallest absolute Gasteiger partial charge is 0.0254 e. The predicted octanol–water partition coefficient (Wildman–Crippen LogP) is 3.31. The Morgan fingerprint density at radius 2 is 1.70 bits per heavy atom. The lowest BCUT2D eigenvalue weighted by Crippen LogP contribution is -2.37. The van der Waals surface area contributed by atoms with Crippen molar-refractivity contribution >= 4 is 0 Å². The molecule has 2 rings (SSSR count). The van der Waals surface area contributed by atoms with Gasteiger partial charge in [0, 0.05) is 6.04 Å². The van der Waals surface area contributed by atoms with Crippen LogP contribution >= 0.6 is 0 Å². The van der Waals surface area contributed by atoms with Gasteiger partial charge >= 0.3 is 0 Å². The van der Waals surface area contributed by atoms with E-state index in [4.69, 9.17) is 5.84 Å². The van der Waals surface area contributed by atoms with Crippen molar-refractivity contribution in [3.8, 4) is 0 Å². The monoisotopic (exact) mass is 268 g/mol. The molecule has 20 heavy (non-hydrogen) atoms. The topological polar surface area (TPSA) is 38.0 Å². The van der Waals surface area contributed by atoms with Crippen LogP contribution in [0.1, 0.15) is 28.7 Å². The number of nitrogens with two attached hydrogens (primary N) is 1. The number of aryl methyl sites for hydroxylation is 3. The van der Waals surface area contributed by atoms with E-state index in [0.717, 1.165) is 19.3 Å². The maximum absolute atomic E-state index is 5.70. The lowest BCUT2D eigenvalue weighted by molar-refractivity contribution is 0.491. The number of rotatable bonds is 6. The largest absolute Gasteiger partial charge is 0.271 e. The second-order valence-electron chi connectivity index (χ2n) is 5.51. The third kappa shape index (κ3) is 4.19. The molecule has 3 N–H and O–H groups in total. The summed E-state index contributed by atoms with van der Waals surface area (Å²) in [6.45, 7) is 4.31. The van der Waals surface area contributed by atoms with Gasteiger partial charge in [-0.05, 0) is 55.4 Å². The molecule has 0 radical (unpaired) electrons. The number of hydrogen-bond acceptors (Lipinski definition) is 2. The quantitative estimate of drug-likeness (QED) is 0.623. The van der Waals surface area contributed by atoms with Crippen molar-refractivity contribution in [1.29, 1.82) is 0 Å². The van der Waals surface area contributed by atoms with E-state index in [-0.39, 0.29) is 0 Å². The highest BCUT2D eigenvalue weighted by Crippen LogP contribution is 2.13. The summed E-state index contributed by atoms with van der Waals surface area (Å²) >= 11 is 0. The molecule has 0 saturated carbocycles. The molecule has 0 heterocycles. The first-order chi connectivity index (χ1) is 9.69. The van der Waals surface area contributed by atoms with Crippen LogP contribution in [0.5, 0.6) is 0 Å². The summed E-state index contributed by atoms with van der Waals surface area (Å²) in [6.07, 6.45) is 3.08. The Bertz CT molecular complexity index is 534. The Kier molecular flexibility index (Phi) is 5.33. The van der Waals surface area contributed by atoms with Crippen molar-refractivity contribution < 1.29 is 0 Å². The Morgan fingerprint density at radius 3 is 2.35 bits per heavy atom. The minimum atomic E-state index is 0.317. The molecule has 0 spiro atoms. The van der Waals surface area contributed by atoms with Gasteiger partial charge in [0.15, 0.2) is 0 Å². The van der Waals surface area contributed by atoms with Crippen molar-refractivity contribution in [3.63, 3.8) is 0 Å². The fraction of sp³-hybridized carbons (Fsp3) is 0.333. The van der Waals surface area contributed by atoms with E-state index in [1.165, 1.54) is 22.3 Å². The van der Waals surface area contributed by atoms with Gasteiger partial charge in [-0.2, -0.15) is 0 Å². The first kappa shape index (κ1) is 14.8. The molecule has 0 aromatic heterocycles. The lowest BCUT2D eigenvalue weighted by atomic mass is 9.97. The third-order valence-corrected chi connectivity index (χ3v) is 3.91. The van der Waals surface area contributed by atoms with Crippen LogP contribution in [0, 0.1) is 13.8 Å². The third-order valence-electron chi connectivity index (χ3n) is 3.91. The summed E-state index contributed by atoms with van der Waals surface area (Å²) in [7, 11) is 0. The molecule has 1 atom stereocenters. The minimum absolute atomic E-state index is 0.317. The summed E-state index contributed by atoms with van der Waals surface area (Å²) in [5.41, 5.74) is 8.37. The van der Waals surface area contributed by atoms with Crippen LogP contribution < -0.4 is 11.3 Å². The first-order valence-corrected chi connectivity index (χ1v) is 7.25. The first-order valence-electron chi connectivity index (χ1n) is 7.25. The molecule has 0 amide bonds. The fourth-order valence-electron chi connectivity index (χ4n) is 2.44. The van der Waals surface area contributed by atoms with Gasteiger partial charge in [0.1, 0.15) is 0 Å². The molecule has 0 aliphatic heterocycles. The normalized spacial score (nSPS) is 12.3. The zero-order valence-corrected chi connectivity index (χ0v) is 12.4. The van der Waals surface area contributed by atoms with Gasteiger partial charge in [-0.1, -0.05) is 48.5 Å². The van der Waals surface area contributed by atoms with Crippen LogP contribution in [0.25, 0.3) is 0 Å². The predicted molar refractivity (Wildman–Crippen MR) is 85.5 cm³/mol. The van der Waals surface area contributed by atoms with Crippen molar-refractivity contribution in [2.45, 2.75) is 39.2 Å². The number of hydrazine groups is 1. The Balaban J connectivity index is 1.93. The van der Waals surface area contributed by atoms with Crippen LogP contribution in [0.15, 0.2) is 48.5 Å². The highest BCUT2D eigenvalue weighted by Gasteiger charge is 2.08.